The molecule has 8 nitrogen and oxygen atoms in total. The van der Waals surface area contributed by atoms with Crippen LogP contribution in [0.4, 0.5) is 24.5 Å². The summed E-state index contributed by atoms with van der Waals surface area (Å²) in [6.07, 6.45) is -3.89. The monoisotopic (exact) mass is 532 g/mol. The third-order valence-electron chi connectivity index (χ3n) is 5.09. The normalized spacial score (nSPS) is 12.1. The van der Waals surface area contributed by atoms with E-state index < -0.39 is 34.2 Å². The van der Waals surface area contributed by atoms with E-state index in [4.69, 9.17) is 0 Å². The summed E-state index contributed by atoms with van der Waals surface area (Å²) in [5, 5.41) is 6.70. The van der Waals surface area contributed by atoms with Crippen LogP contribution in [0, 0.1) is 0 Å². The summed E-state index contributed by atoms with van der Waals surface area (Å²) in [6.45, 7) is 0.820. The lowest BCUT2D eigenvalue weighted by Crippen LogP contribution is -2.39. The first-order valence-electron chi connectivity index (χ1n) is 10.8. The number of alkyl halides is 3. The molecule has 2 amide bonds. The van der Waals surface area contributed by atoms with Crippen LogP contribution in [0.5, 0.6) is 0 Å². The van der Waals surface area contributed by atoms with Crippen LogP contribution in [0.25, 0.3) is 0 Å². The van der Waals surface area contributed by atoms with Crippen molar-refractivity contribution >= 4 is 38.9 Å². The lowest BCUT2D eigenvalue weighted by molar-refractivity contribution is -0.137. The quantitative estimate of drug-likeness (QED) is 0.334. The second-order valence-electron chi connectivity index (χ2n) is 7.95. The molecule has 12 heteroatoms. The molecule has 0 spiro atoms. The number of nitrogens with one attached hydrogen (secondary N) is 2. The molecular weight excluding hydrogens is 509 g/mol. The van der Waals surface area contributed by atoms with Gasteiger partial charge in [0.15, 0.2) is 0 Å². The lowest BCUT2D eigenvalue weighted by Gasteiger charge is -2.22. The number of anilines is 2. The first kappa shape index (κ1) is 27.4. The zero-order valence-electron chi connectivity index (χ0n) is 19.8. The van der Waals surface area contributed by atoms with Crippen molar-refractivity contribution in [2.24, 2.45) is 5.10 Å². The molecule has 0 bridgehead atoms. The predicted molar refractivity (Wildman–Crippen MR) is 135 cm³/mol. The Morgan fingerprint density at radius 1 is 0.919 bits per heavy atom. The highest BCUT2D eigenvalue weighted by Crippen LogP contribution is 2.32. The van der Waals surface area contributed by atoms with Crippen LogP contribution in [0.1, 0.15) is 28.4 Å². The van der Waals surface area contributed by atoms with Gasteiger partial charge in [0.2, 0.25) is 10.0 Å². The van der Waals surface area contributed by atoms with Crippen LogP contribution < -0.4 is 15.0 Å². The molecule has 3 aromatic carbocycles. The van der Waals surface area contributed by atoms with E-state index in [0.29, 0.717) is 32.9 Å². The average Bonchev–Trinajstić information content (AvgIpc) is 2.85. The number of hydrogen-bond acceptors (Lipinski definition) is 5. The van der Waals surface area contributed by atoms with Crippen LogP contribution in [0.2, 0.25) is 0 Å². The molecule has 3 rings (SSSR count). The molecule has 3 aromatic rings. The first-order valence-corrected chi connectivity index (χ1v) is 12.6. The highest BCUT2D eigenvalue weighted by Gasteiger charge is 2.32. The average molecular weight is 533 g/mol. The van der Waals surface area contributed by atoms with Gasteiger partial charge in [-0.1, -0.05) is 36.4 Å². The molecular formula is C25H23F3N4O4S. The summed E-state index contributed by atoms with van der Waals surface area (Å²) in [5.74, 6) is -1.13. The minimum absolute atomic E-state index is 0.276. The molecule has 0 aliphatic rings. The largest absolute Gasteiger partial charge is 0.416 e. The maximum absolute atomic E-state index is 13.0. The molecule has 0 aromatic heterocycles. The smallest absolute Gasteiger partial charge is 0.322 e. The maximum atomic E-state index is 13.0. The fourth-order valence-electron chi connectivity index (χ4n) is 3.20. The topological polar surface area (TPSA) is 108 Å². The molecule has 194 valence electrons. The Morgan fingerprint density at radius 3 is 2.16 bits per heavy atom. The maximum Gasteiger partial charge on any atom is 0.416 e. The zero-order valence-corrected chi connectivity index (χ0v) is 20.6. The van der Waals surface area contributed by atoms with E-state index in [9.17, 15) is 31.2 Å². The van der Waals surface area contributed by atoms with Gasteiger partial charge in [0.05, 0.1) is 23.2 Å². The van der Waals surface area contributed by atoms with Crippen LogP contribution in [0.15, 0.2) is 84.0 Å². The van der Waals surface area contributed by atoms with Gasteiger partial charge in [-0.25, -0.2) is 13.8 Å². The van der Waals surface area contributed by atoms with E-state index in [2.05, 4.69) is 15.8 Å². The van der Waals surface area contributed by atoms with Crippen molar-refractivity contribution in [2.75, 3.05) is 22.4 Å². The number of rotatable bonds is 8. The van der Waals surface area contributed by atoms with Crippen LogP contribution >= 0.6 is 0 Å². The zero-order chi connectivity index (χ0) is 27.2. The van der Waals surface area contributed by atoms with Gasteiger partial charge in [-0.15, -0.1) is 0 Å². The number of carbonyl (C=O) groups excluding carboxylic acids is 2. The second kappa shape index (κ2) is 11.2. The summed E-state index contributed by atoms with van der Waals surface area (Å²) >= 11 is 0. The first-order chi connectivity index (χ1) is 17.3. The number of hydrogen-bond donors (Lipinski definition) is 2. The summed E-state index contributed by atoms with van der Waals surface area (Å²) in [4.78, 5) is 24.7. The van der Waals surface area contributed by atoms with E-state index in [-0.39, 0.29) is 11.6 Å². The number of benzene rings is 3. The highest BCUT2D eigenvalue weighted by molar-refractivity contribution is 7.92. The minimum Gasteiger partial charge on any atom is -0.322 e. The molecule has 0 fully saturated rings. The number of halogens is 3. The highest BCUT2D eigenvalue weighted by atomic mass is 32.2. The Balaban J connectivity index is 1.67. The Hall–Kier alpha value is -4.19. The van der Waals surface area contributed by atoms with Crippen molar-refractivity contribution in [3.05, 3.63) is 95.6 Å². The number of carbonyl (C=O) groups is 2. The second-order valence-corrected chi connectivity index (χ2v) is 9.85. The van der Waals surface area contributed by atoms with Gasteiger partial charge >= 0.3 is 6.18 Å². The minimum atomic E-state index is -4.68. The summed E-state index contributed by atoms with van der Waals surface area (Å²) < 4.78 is 64.1. The van der Waals surface area contributed by atoms with Crippen LogP contribution in [-0.2, 0) is 21.0 Å². The molecule has 0 heterocycles. The van der Waals surface area contributed by atoms with Gasteiger partial charge in [-0.2, -0.15) is 18.3 Å². The fourth-order valence-corrected chi connectivity index (χ4v) is 4.05. The molecule has 2 N–H and O–H groups in total. The summed E-state index contributed by atoms with van der Waals surface area (Å²) in [7, 11) is -4.08. The lowest BCUT2D eigenvalue weighted by atomic mass is 10.1. The Kier molecular flexibility index (Phi) is 8.33. The number of hydrazone groups is 1. The molecule has 0 saturated carbocycles. The van der Waals surface area contributed by atoms with Gasteiger partial charge in [-0.3, -0.25) is 13.9 Å². The molecule has 0 unspecified atom stereocenters. The van der Waals surface area contributed by atoms with Gasteiger partial charge in [0, 0.05) is 11.3 Å². The molecule has 0 atom stereocenters. The van der Waals surface area contributed by atoms with E-state index in [1.807, 2.05) is 0 Å². The van der Waals surface area contributed by atoms with Crippen molar-refractivity contribution in [1.29, 1.82) is 0 Å². The third kappa shape index (κ3) is 7.64. The van der Waals surface area contributed by atoms with Gasteiger partial charge < -0.3 is 5.32 Å². The standard InChI is InChI=1S/C25H23F3N4O4S/c1-17(18-11-13-21(14-12-18)29-24(34)19-7-4-3-5-8-19)30-31-23(33)16-32(37(2,35)36)22-10-6-9-20(15-22)25(26,27)28/h3-15H,16H2,1-2H3,(H,29,34)(H,31,33)/b30-17-. The van der Waals surface area contributed by atoms with E-state index in [1.165, 1.54) is 0 Å². The van der Waals surface area contributed by atoms with E-state index in [0.717, 1.165) is 24.5 Å². The van der Waals surface area contributed by atoms with Crippen LogP contribution in [0.3, 0.4) is 0 Å². The Bertz CT molecular complexity index is 1410. The molecule has 0 radical (unpaired) electrons. The molecule has 0 aliphatic carbocycles. The van der Waals surface area contributed by atoms with Crippen molar-refractivity contribution in [2.45, 2.75) is 13.1 Å². The number of sulfonamides is 1. The van der Waals surface area contributed by atoms with Crippen molar-refractivity contribution in [3.8, 4) is 0 Å². The van der Waals surface area contributed by atoms with E-state index >= 15 is 0 Å². The number of amides is 2. The Labute approximate surface area is 211 Å². The Morgan fingerprint density at radius 2 is 1.57 bits per heavy atom. The van der Waals surface area contributed by atoms with E-state index in [1.54, 1.807) is 61.5 Å². The third-order valence-corrected chi connectivity index (χ3v) is 6.23. The molecule has 37 heavy (non-hydrogen) atoms. The van der Waals surface area contributed by atoms with Gasteiger partial charge in [0.25, 0.3) is 11.8 Å². The summed E-state index contributed by atoms with van der Waals surface area (Å²) in [5.41, 5.74) is 2.89. The van der Waals surface area contributed by atoms with Crippen molar-refractivity contribution in [1.82, 2.24) is 5.43 Å². The van der Waals surface area contributed by atoms with Crippen molar-refractivity contribution < 1.29 is 31.2 Å². The van der Waals surface area contributed by atoms with Crippen LogP contribution in [-0.4, -0.2) is 38.7 Å². The fraction of sp³-hybridized carbons (Fsp3) is 0.160. The number of nitrogens with zero attached hydrogens (tertiary/aromatic N) is 2. The predicted octanol–water partition coefficient (Wildman–Crippen LogP) is 4.26. The molecule has 0 aliphatic heterocycles. The van der Waals surface area contributed by atoms with Gasteiger partial charge in [-0.05, 0) is 55.0 Å². The summed E-state index contributed by atoms with van der Waals surface area (Å²) in [6, 6.07) is 19.0. The van der Waals surface area contributed by atoms with Crippen molar-refractivity contribution in [3.63, 3.8) is 0 Å². The SMILES string of the molecule is C/C(=N/NC(=O)CN(c1cccc(C(F)(F)F)c1)S(C)(=O)=O)c1ccc(NC(=O)c2ccccc2)cc1. The van der Waals surface area contributed by atoms with Gasteiger partial charge in [0.1, 0.15) is 6.54 Å². The molecule has 0 saturated heterocycles.